The fourth-order valence-electron chi connectivity index (χ4n) is 2.33. The van der Waals surface area contributed by atoms with Gasteiger partial charge in [-0.05, 0) is 38.8 Å². The molecule has 1 aromatic carbocycles. The van der Waals surface area contributed by atoms with E-state index in [9.17, 15) is 9.59 Å². The Hall–Kier alpha value is -2.04. The molecule has 1 aromatic rings. The van der Waals surface area contributed by atoms with Crippen LogP contribution in [0.1, 0.15) is 46.0 Å². The van der Waals surface area contributed by atoms with Crippen molar-refractivity contribution in [2.45, 2.75) is 46.0 Å². The third kappa shape index (κ3) is 7.99. The second-order valence-electron chi connectivity index (χ2n) is 5.42. The molecule has 0 aromatic heterocycles. The number of carbonyl (C=O) groups is 2. The van der Waals surface area contributed by atoms with Crippen LogP contribution in [-0.2, 0) is 19.1 Å². The first-order valence-electron chi connectivity index (χ1n) is 8.70. The zero-order chi connectivity index (χ0) is 17.6. The highest BCUT2D eigenvalue weighted by atomic mass is 16.6. The van der Waals surface area contributed by atoms with Gasteiger partial charge in [-0.2, -0.15) is 0 Å². The Labute approximate surface area is 144 Å². The molecule has 0 heterocycles. The molecule has 0 aliphatic rings. The van der Waals surface area contributed by atoms with Gasteiger partial charge in [0, 0.05) is 0 Å². The lowest BCUT2D eigenvalue weighted by molar-refractivity contribution is -0.161. The molecular formula is C19H28O5. The fraction of sp³-hybridized carbons (Fsp3) is 0.579. The van der Waals surface area contributed by atoms with Crippen molar-refractivity contribution in [1.29, 1.82) is 0 Å². The molecule has 0 saturated heterocycles. The molecule has 134 valence electrons. The zero-order valence-electron chi connectivity index (χ0n) is 14.7. The highest BCUT2D eigenvalue weighted by molar-refractivity contribution is 5.94. The van der Waals surface area contributed by atoms with Crippen LogP contribution in [0.15, 0.2) is 30.3 Å². The molecule has 0 unspecified atom stereocenters. The van der Waals surface area contributed by atoms with Gasteiger partial charge >= 0.3 is 11.9 Å². The quantitative estimate of drug-likeness (QED) is 0.330. The average Bonchev–Trinajstić information content (AvgIpc) is 2.58. The maximum atomic E-state index is 11.8. The minimum absolute atomic E-state index is 0.269. The van der Waals surface area contributed by atoms with Crippen LogP contribution in [-0.4, -0.2) is 31.8 Å². The maximum Gasteiger partial charge on any atom is 0.320 e. The largest absolute Gasteiger partial charge is 0.494 e. The van der Waals surface area contributed by atoms with Gasteiger partial charge in [-0.3, -0.25) is 9.59 Å². The molecular weight excluding hydrogens is 308 g/mol. The lowest BCUT2D eigenvalue weighted by Crippen LogP contribution is -2.28. The molecule has 0 bridgehead atoms. The topological polar surface area (TPSA) is 61.8 Å². The monoisotopic (exact) mass is 336 g/mol. The second-order valence-corrected chi connectivity index (χ2v) is 5.42. The Morgan fingerprint density at radius 3 is 2.04 bits per heavy atom. The maximum absolute atomic E-state index is 11.8. The molecule has 0 spiro atoms. The third-order valence-electron chi connectivity index (χ3n) is 3.54. The first-order valence-corrected chi connectivity index (χ1v) is 8.70. The molecule has 0 atom stereocenters. The molecule has 0 amide bonds. The number of para-hydroxylation sites is 1. The van der Waals surface area contributed by atoms with E-state index in [1.54, 1.807) is 13.8 Å². The van der Waals surface area contributed by atoms with Crippen LogP contribution in [0.2, 0.25) is 0 Å². The summed E-state index contributed by atoms with van der Waals surface area (Å²) in [5.41, 5.74) is 0. The van der Waals surface area contributed by atoms with Gasteiger partial charge in [0.15, 0.2) is 5.92 Å². The molecule has 5 nitrogen and oxygen atoms in total. The summed E-state index contributed by atoms with van der Waals surface area (Å²) in [7, 11) is 0. The van der Waals surface area contributed by atoms with E-state index in [-0.39, 0.29) is 13.2 Å². The lowest BCUT2D eigenvalue weighted by Gasteiger charge is -2.14. The van der Waals surface area contributed by atoms with Crippen LogP contribution in [0.25, 0.3) is 0 Å². The molecule has 1 rings (SSSR count). The second kappa shape index (κ2) is 12.4. The van der Waals surface area contributed by atoms with Crippen LogP contribution in [0.3, 0.4) is 0 Å². The number of benzene rings is 1. The smallest absolute Gasteiger partial charge is 0.320 e. The van der Waals surface area contributed by atoms with E-state index in [2.05, 4.69) is 0 Å². The van der Waals surface area contributed by atoms with Gasteiger partial charge in [0.2, 0.25) is 0 Å². The fourth-order valence-corrected chi connectivity index (χ4v) is 2.33. The van der Waals surface area contributed by atoms with E-state index < -0.39 is 17.9 Å². The molecule has 0 radical (unpaired) electrons. The van der Waals surface area contributed by atoms with Gasteiger partial charge in [0.25, 0.3) is 0 Å². The Kier molecular flexibility index (Phi) is 10.3. The van der Waals surface area contributed by atoms with Crippen molar-refractivity contribution in [2.75, 3.05) is 19.8 Å². The van der Waals surface area contributed by atoms with E-state index in [1.807, 2.05) is 30.3 Å². The summed E-state index contributed by atoms with van der Waals surface area (Å²) in [5, 5.41) is 0. The molecule has 0 aliphatic heterocycles. The summed E-state index contributed by atoms with van der Waals surface area (Å²) in [6.07, 6.45) is 4.13. The number of unbranched alkanes of at least 4 members (excludes halogenated alkanes) is 3. The third-order valence-corrected chi connectivity index (χ3v) is 3.54. The van der Waals surface area contributed by atoms with Crippen LogP contribution in [0, 0.1) is 5.92 Å². The number of rotatable bonds is 12. The van der Waals surface area contributed by atoms with Crippen LogP contribution < -0.4 is 4.74 Å². The van der Waals surface area contributed by atoms with Gasteiger partial charge in [0.05, 0.1) is 19.8 Å². The van der Waals surface area contributed by atoms with Gasteiger partial charge < -0.3 is 14.2 Å². The van der Waals surface area contributed by atoms with Crippen molar-refractivity contribution in [3.8, 4) is 5.75 Å². The minimum Gasteiger partial charge on any atom is -0.494 e. The molecule has 0 fully saturated rings. The Balaban J connectivity index is 2.19. The standard InChI is InChI=1S/C19H28O5/c1-3-22-18(20)17(19(21)23-4-2)14-10-5-6-11-15-24-16-12-8-7-9-13-16/h7-9,12-13,17H,3-6,10-11,14-15H2,1-2H3. The summed E-state index contributed by atoms with van der Waals surface area (Å²) in [4.78, 5) is 23.7. The highest BCUT2D eigenvalue weighted by Gasteiger charge is 2.28. The average molecular weight is 336 g/mol. The van der Waals surface area contributed by atoms with Crippen molar-refractivity contribution >= 4 is 11.9 Å². The van der Waals surface area contributed by atoms with Crippen LogP contribution >= 0.6 is 0 Å². The van der Waals surface area contributed by atoms with E-state index in [1.165, 1.54) is 0 Å². The number of esters is 2. The van der Waals surface area contributed by atoms with Crippen molar-refractivity contribution in [3.05, 3.63) is 30.3 Å². The predicted octanol–water partition coefficient (Wildman–Crippen LogP) is 3.76. The van der Waals surface area contributed by atoms with Crippen molar-refractivity contribution in [2.24, 2.45) is 5.92 Å². The summed E-state index contributed by atoms with van der Waals surface area (Å²) >= 11 is 0. The lowest BCUT2D eigenvalue weighted by atomic mass is 10.0. The summed E-state index contributed by atoms with van der Waals surface area (Å²) in [6.45, 7) is 4.67. The molecule has 5 heteroatoms. The van der Waals surface area contributed by atoms with E-state index in [0.717, 1.165) is 31.4 Å². The molecule has 24 heavy (non-hydrogen) atoms. The number of hydrogen-bond donors (Lipinski definition) is 0. The van der Waals surface area contributed by atoms with E-state index >= 15 is 0 Å². The van der Waals surface area contributed by atoms with E-state index in [0.29, 0.717) is 13.0 Å². The normalized spacial score (nSPS) is 10.5. The van der Waals surface area contributed by atoms with Gasteiger partial charge in [0.1, 0.15) is 5.75 Å². The highest BCUT2D eigenvalue weighted by Crippen LogP contribution is 2.15. The van der Waals surface area contributed by atoms with Crippen molar-refractivity contribution < 1.29 is 23.8 Å². The summed E-state index contributed by atoms with van der Waals surface area (Å²) in [6, 6.07) is 9.71. The van der Waals surface area contributed by atoms with E-state index in [4.69, 9.17) is 14.2 Å². The minimum atomic E-state index is -0.800. The Morgan fingerprint density at radius 2 is 1.46 bits per heavy atom. The summed E-state index contributed by atoms with van der Waals surface area (Å²) in [5.74, 6) is -0.889. The SMILES string of the molecule is CCOC(=O)C(CCCCCCOc1ccccc1)C(=O)OCC. The first-order chi connectivity index (χ1) is 11.7. The molecule has 0 saturated carbocycles. The van der Waals surface area contributed by atoms with Crippen molar-refractivity contribution in [1.82, 2.24) is 0 Å². The van der Waals surface area contributed by atoms with Gasteiger partial charge in [-0.15, -0.1) is 0 Å². The Morgan fingerprint density at radius 1 is 0.875 bits per heavy atom. The van der Waals surface area contributed by atoms with Crippen LogP contribution in [0.4, 0.5) is 0 Å². The van der Waals surface area contributed by atoms with Crippen LogP contribution in [0.5, 0.6) is 5.75 Å². The number of carbonyl (C=O) groups excluding carboxylic acids is 2. The van der Waals surface area contributed by atoms with Crippen molar-refractivity contribution in [3.63, 3.8) is 0 Å². The number of ether oxygens (including phenoxy) is 3. The first kappa shape index (κ1) is 20.0. The molecule has 0 aliphatic carbocycles. The molecule has 0 N–H and O–H groups in total. The number of hydrogen-bond acceptors (Lipinski definition) is 5. The van der Waals surface area contributed by atoms with Gasteiger partial charge in [-0.1, -0.05) is 37.5 Å². The predicted molar refractivity (Wildman–Crippen MR) is 91.8 cm³/mol. The zero-order valence-corrected chi connectivity index (χ0v) is 14.7. The Bertz CT molecular complexity index is 454. The summed E-state index contributed by atoms with van der Waals surface area (Å²) < 4.78 is 15.5. The van der Waals surface area contributed by atoms with Gasteiger partial charge in [-0.25, -0.2) is 0 Å².